The van der Waals surface area contributed by atoms with Gasteiger partial charge >= 0.3 is 0 Å². The molecular formula is C117H69N9OS4. The van der Waals surface area contributed by atoms with E-state index in [4.69, 9.17) is 34.3 Å². The third kappa shape index (κ3) is 11.4. The number of para-hydroxylation sites is 4. The van der Waals surface area contributed by atoms with E-state index in [0.29, 0.717) is 17.6 Å². The molecule has 0 bridgehead atoms. The predicted octanol–water partition coefficient (Wildman–Crippen LogP) is 32.9. The molecule has 1 aliphatic rings. The number of rotatable bonds is 6. The highest BCUT2D eigenvalue weighted by Gasteiger charge is 2.41. The molecule has 0 fully saturated rings. The van der Waals surface area contributed by atoms with Crippen molar-refractivity contribution in [1.29, 1.82) is 0 Å². The molecule has 131 heavy (non-hydrogen) atoms. The Bertz CT molecular complexity index is 9610. The van der Waals surface area contributed by atoms with Crippen molar-refractivity contribution in [3.63, 3.8) is 0 Å². The zero-order chi connectivity index (χ0) is 86.0. The van der Waals surface area contributed by atoms with Gasteiger partial charge in [0.25, 0.3) is 0 Å². The Hall–Kier alpha value is -15.9. The van der Waals surface area contributed by atoms with Crippen LogP contribution in [0.25, 0.3) is 263 Å². The molecule has 14 heteroatoms. The zero-order valence-electron chi connectivity index (χ0n) is 70.4. The summed E-state index contributed by atoms with van der Waals surface area (Å²) in [6.45, 7) is 4.60. The maximum Gasteiger partial charge on any atom is 0.238 e. The summed E-state index contributed by atoms with van der Waals surface area (Å²) in [7, 11) is 0. The van der Waals surface area contributed by atoms with Crippen LogP contribution in [-0.2, 0) is 5.41 Å². The second-order valence-corrected chi connectivity index (χ2v) is 39.0. The van der Waals surface area contributed by atoms with Crippen LogP contribution < -0.4 is 0 Å². The topological polar surface area (TPSA) is 105 Å². The van der Waals surface area contributed by atoms with Crippen LogP contribution in [0.1, 0.15) is 25.1 Å². The second-order valence-electron chi connectivity index (χ2n) is 34.7. The number of fused-ring (bicyclic) bond motifs is 30. The SMILES string of the molecule is CC1(C)c2ccccc2-c2c(-n3c4ccccc4c4cc5ccccc5cc43)nc(-c3ccc4sc5ccccc5c4c3)nc21.c1ccc2cc3c(cc2c1)c1ccccc1n3-c1nc(-c2ccc3c(c2)sc2ccccc23)c2c(n1)oc1ccccc12.c1ccc2cc3c(cc2c1)c1ccccc1n3-c1nc(-c2ccc3c(c2)sc2ccccc23)c2c(n1)sc1ccccc12. The number of hydrogen-bond acceptors (Lipinski definition) is 11. The van der Waals surface area contributed by atoms with E-state index in [9.17, 15) is 0 Å². The Kier molecular flexibility index (Phi) is 16.2. The fourth-order valence-electron chi connectivity index (χ4n) is 20.9. The van der Waals surface area contributed by atoms with E-state index in [2.05, 4.69) is 392 Å². The van der Waals surface area contributed by atoms with Crippen LogP contribution >= 0.6 is 45.3 Å². The highest BCUT2D eigenvalue weighted by atomic mass is 32.1. The molecule has 0 amide bonds. The van der Waals surface area contributed by atoms with Crippen molar-refractivity contribution in [2.24, 2.45) is 0 Å². The summed E-state index contributed by atoms with van der Waals surface area (Å²) >= 11 is 7.24. The van der Waals surface area contributed by atoms with Gasteiger partial charge in [0, 0.05) is 141 Å². The molecule has 0 radical (unpaired) electrons. The standard InChI is InChI=1S/C41H27N3S.C38H21N3OS.C38H21N3S2/c1-41(2)32-16-8-5-15-29(32)37-38(41)42-39(26-19-20-36-31(22-26)28-14-7-10-18-35(28)45-36)43-40(37)44-33-17-9-6-13-27(33)30-21-24-11-3-4-12-25(24)23-34(30)44;1-2-10-23-20-31-29(19-22(23)9-1)25-11-3-6-14-30(25)41(31)38-39-36(35-28-13-4-7-15-32(28)42-37(35)40-38)24-17-18-27-26-12-5-8-16-33(26)43-34(27)21-24;1-2-10-23-20-31-29(19-22(23)9-1)25-11-3-6-14-30(25)41(31)38-39-36(35-28-13-5-8-16-33(28)43-37(35)40-38)24-17-18-27-26-12-4-7-15-32(26)42-34(27)21-24/h3-23H,1-2H3;2*1-21H. The molecule has 30 rings (SSSR count). The Morgan fingerprint density at radius 2 is 0.656 bits per heavy atom. The molecule has 10 nitrogen and oxygen atoms in total. The minimum atomic E-state index is -0.275. The van der Waals surface area contributed by atoms with Crippen LogP contribution in [-0.4, -0.2) is 43.6 Å². The van der Waals surface area contributed by atoms with Crippen molar-refractivity contribution in [2.75, 3.05) is 0 Å². The number of thiophene rings is 4. The fraction of sp³-hybridized carbons (Fsp3) is 0.0256. The van der Waals surface area contributed by atoms with Gasteiger partial charge in [0.05, 0.1) is 55.6 Å². The summed E-state index contributed by atoms with van der Waals surface area (Å²) in [5.74, 6) is 2.99. The molecule has 11 aromatic heterocycles. The van der Waals surface area contributed by atoms with Crippen LogP contribution in [0.4, 0.5) is 0 Å². The number of aromatic nitrogens is 9. The summed E-state index contributed by atoms with van der Waals surface area (Å²) in [5.41, 5.74) is 17.5. The molecule has 0 atom stereocenters. The van der Waals surface area contributed by atoms with Gasteiger partial charge in [-0.25, -0.2) is 24.9 Å². The minimum Gasteiger partial charge on any atom is -0.437 e. The first-order chi connectivity index (χ1) is 64.7. The first-order valence-corrected chi connectivity index (χ1v) is 47.4. The van der Waals surface area contributed by atoms with Crippen molar-refractivity contribution in [3.8, 4) is 62.7 Å². The molecule has 0 N–H and O–H groups in total. The zero-order valence-corrected chi connectivity index (χ0v) is 73.7. The predicted molar refractivity (Wildman–Crippen MR) is 554 cm³/mol. The lowest BCUT2D eigenvalue weighted by molar-refractivity contribution is 0.635. The minimum absolute atomic E-state index is 0.275. The van der Waals surface area contributed by atoms with Gasteiger partial charge in [-0.1, -0.05) is 281 Å². The van der Waals surface area contributed by atoms with Gasteiger partial charge in [0.1, 0.15) is 16.2 Å². The largest absolute Gasteiger partial charge is 0.437 e. The number of benzene rings is 18. The highest BCUT2D eigenvalue weighted by Crippen LogP contribution is 2.53. The van der Waals surface area contributed by atoms with E-state index in [1.165, 1.54) is 146 Å². The fourth-order valence-corrected chi connectivity index (χ4v) is 25.3. The first-order valence-electron chi connectivity index (χ1n) is 44.1. The van der Waals surface area contributed by atoms with Gasteiger partial charge in [-0.3, -0.25) is 13.7 Å². The van der Waals surface area contributed by atoms with Crippen molar-refractivity contribution in [2.45, 2.75) is 19.3 Å². The normalized spacial score (nSPS) is 12.7. The smallest absolute Gasteiger partial charge is 0.238 e. The van der Waals surface area contributed by atoms with Gasteiger partial charge in [-0.2, -0.15) is 4.98 Å². The number of hydrogen-bond donors (Lipinski definition) is 0. The average Bonchev–Trinajstić information content (AvgIpc) is 1.55. The monoisotopic (exact) mass is 1740 g/mol. The molecule has 0 unspecified atom stereocenters. The van der Waals surface area contributed by atoms with Crippen molar-refractivity contribution in [1.82, 2.24) is 43.6 Å². The van der Waals surface area contributed by atoms with Crippen LogP contribution in [0.3, 0.4) is 0 Å². The van der Waals surface area contributed by atoms with Gasteiger partial charge in [-0.15, -0.1) is 45.3 Å². The average molecular weight is 1750 g/mol. The number of nitrogens with zero attached hydrogens (tertiary/aromatic N) is 9. The molecular weight excluding hydrogens is 1680 g/mol. The highest BCUT2D eigenvalue weighted by molar-refractivity contribution is 7.27. The van der Waals surface area contributed by atoms with E-state index < -0.39 is 0 Å². The van der Waals surface area contributed by atoms with Crippen LogP contribution in [0.15, 0.2) is 387 Å². The molecule has 11 heterocycles. The maximum atomic E-state index is 6.42. The van der Waals surface area contributed by atoms with E-state index in [0.717, 1.165) is 111 Å². The molecule has 1 aliphatic carbocycles. The van der Waals surface area contributed by atoms with Crippen molar-refractivity contribution >= 4 is 246 Å². The maximum absolute atomic E-state index is 6.42. The Morgan fingerprint density at radius 3 is 1.21 bits per heavy atom. The van der Waals surface area contributed by atoms with E-state index in [1.54, 1.807) is 11.3 Å². The molecule has 0 aliphatic heterocycles. The summed E-state index contributed by atoms with van der Waals surface area (Å²) < 4.78 is 22.2. The Morgan fingerprint density at radius 1 is 0.260 bits per heavy atom. The Balaban J connectivity index is 0.0000000986. The lowest BCUT2D eigenvalue weighted by Gasteiger charge is -2.21. The van der Waals surface area contributed by atoms with Gasteiger partial charge in [-0.05, 0) is 159 Å². The quantitative estimate of drug-likeness (QED) is 0.163. The molecule has 612 valence electrons. The van der Waals surface area contributed by atoms with Crippen LogP contribution in [0.5, 0.6) is 0 Å². The van der Waals surface area contributed by atoms with Gasteiger partial charge < -0.3 is 4.42 Å². The second kappa shape index (κ2) is 28.5. The third-order valence-corrected chi connectivity index (χ3v) is 31.5. The van der Waals surface area contributed by atoms with E-state index >= 15 is 0 Å². The summed E-state index contributed by atoms with van der Waals surface area (Å²) in [6.07, 6.45) is 0. The molecule has 0 saturated heterocycles. The Labute approximate surface area is 763 Å². The lowest BCUT2D eigenvalue weighted by atomic mass is 9.85. The van der Waals surface area contributed by atoms with E-state index in [-0.39, 0.29) is 5.41 Å². The van der Waals surface area contributed by atoms with Crippen molar-refractivity contribution in [3.05, 3.63) is 393 Å². The first kappa shape index (κ1) is 74.2. The molecule has 0 saturated carbocycles. The van der Waals surface area contributed by atoms with Gasteiger partial charge in [0.2, 0.25) is 17.6 Å². The van der Waals surface area contributed by atoms with Crippen LogP contribution in [0.2, 0.25) is 0 Å². The number of furan rings is 1. The third-order valence-electron chi connectivity index (χ3n) is 27.0. The van der Waals surface area contributed by atoms with Crippen LogP contribution in [0, 0.1) is 0 Å². The lowest BCUT2D eigenvalue weighted by Crippen LogP contribution is -2.18. The van der Waals surface area contributed by atoms with Gasteiger partial charge in [0.15, 0.2) is 5.82 Å². The molecule has 29 aromatic rings. The summed E-state index contributed by atoms with van der Waals surface area (Å²) in [5, 5.41) is 26.5. The van der Waals surface area contributed by atoms with E-state index in [1.807, 2.05) is 52.2 Å². The summed E-state index contributed by atoms with van der Waals surface area (Å²) in [6, 6.07) is 137. The molecule has 0 spiro atoms. The van der Waals surface area contributed by atoms with Crippen molar-refractivity contribution < 1.29 is 4.42 Å². The summed E-state index contributed by atoms with van der Waals surface area (Å²) in [4.78, 5) is 33.2. The molecule has 18 aromatic carbocycles.